The Morgan fingerprint density at radius 1 is 1.47 bits per heavy atom. The van der Waals surface area contributed by atoms with E-state index in [1.807, 2.05) is 13.8 Å². The van der Waals surface area contributed by atoms with E-state index in [0.29, 0.717) is 6.61 Å². The van der Waals surface area contributed by atoms with Gasteiger partial charge in [0.15, 0.2) is 5.75 Å². The number of nitro groups is 1. The molecule has 0 radical (unpaired) electrons. The van der Waals surface area contributed by atoms with Crippen LogP contribution >= 0.6 is 0 Å². The molecule has 1 aromatic carbocycles. The van der Waals surface area contributed by atoms with Crippen LogP contribution in [-0.4, -0.2) is 29.3 Å². The Kier molecular flexibility index (Phi) is 5.57. The SMILES string of the molecule is CCOc1cc(NC(C)C(C)CO)ccc1[N+](=O)[O-]. The van der Waals surface area contributed by atoms with E-state index in [4.69, 9.17) is 9.84 Å². The lowest BCUT2D eigenvalue weighted by Crippen LogP contribution is -2.26. The highest BCUT2D eigenvalue weighted by atomic mass is 16.6. The Labute approximate surface area is 112 Å². The molecule has 1 rings (SSSR count). The number of nitrogens with zero attached hydrogens (tertiary/aromatic N) is 1. The van der Waals surface area contributed by atoms with Crippen molar-refractivity contribution in [1.82, 2.24) is 0 Å². The lowest BCUT2D eigenvalue weighted by atomic mass is 10.0. The summed E-state index contributed by atoms with van der Waals surface area (Å²) in [6.07, 6.45) is 0. The quantitative estimate of drug-likeness (QED) is 0.586. The minimum atomic E-state index is -0.464. The number of aliphatic hydroxyl groups excluding tert-OH is 1. The van der Waals surface area contributed by atoms with Crippen LogP contribution in [0.5, 0.6) is 5.75 Å². The average Bonchev–Trinajstić information content (AvgIpc) is 2.38. The molecule has 0 aromatic heterocycles. The summed E-state index contributed by atoms with van der Waals surface area (Å²) >= 11 is 0. The predicted octanol–water partition coefficient (Wildman–Crippen LogP) is 2.42. The van der Waals surface area contributed by atoms with E-state index in [2.05, 4.69) is 5.32 Å². The molecule has 0 saturated carbocycles. The monoisotopic (exact) mass is 268 g/mol. The molecule has 1 aromatic rings. The first-order valence-corrected chi connectivity index (χ1v) is 6.28. The second-order valence-electron chi connectivity index (χ2n) is 4.47. The van der Waals surface area contributed by atoms with Crippen LogP contribution in [0.15, 0.2) is 18.2 Å². The maximum absolute atomic E-state index is 10.9. The van der Waals surface area contributed by atoms with Gasteiger partial charge in [-0.3, -0.25) is 10.1 Å². The molecule has 0 amide bonds. The molecule has 0 heterocycles. The highest BCUT2D eigenvalue weighted by Crippen LogP contribution is 2.30. The topological polar surface area (TPSA) is 84.6 Å². The van der Waals surface area contributed by atoms with Gasteiger partial charge >= 0.3 is 5.69 Å². The highest BCUT2D eigenvalue weighted by molar-refractivity contribution is 5.58. The van der Waals surface area contributed by atoms with E-state index in [-0.39, 0.29) is 30.0 Å². The first-order chi connectivity index (χ1) is 8.99. The number of nitro benzene ring substituents is 1. The van der Waals surface area contributed by atoms with E-state index in [1.165, 1.54) is 6.07 Å². The lowest BCUT2D eigenvalue weighted by Gasteiger charge is -2.20. The number of hydrogen-bond donors (Lipinski definition) is 2. The normalized spacial score (nSPS) is 13.7. The van der Waals surface area contributed by atoms with Crippen LogP contribution in [0.3, 0.4) is 0 Å². The number of nitrogens with one attached hydrogen (secondary N) is 1. The zero-order valence-electron chi connectivity index (χ0n) is 11.4. The molecule has 2 atom stereocenters. The second-order valence-corrected chi connectivity index (χ2v) is 4.47. The molecule has 0 bridgehead atoms. The van der Waals surface area contributed by atoms with Gasteiger partial charge in [0, 0.05) is 30.5 Å². The summed E-state index contributed by atoms with van der Waals surface area (Å²) in [5.41, 5.74) is 0.692. The fourth-order valence-electron chi connectivity index (χ4n) is 1.59. The van der Waals surface area contributed by atoms with Crippen LogP contribution in [-0.2, 0) is 0 Å². The Morgan fingerprint density at radius 2 is 2.16 bits per heavy atom. The van der Waals surface area contributed by atoms with Gasteiger partial charge in [-0.15, -0.1) is 0 Å². The van der Waals surface area contributed by atoms with E-state index in [1.54, 1.807) is 19.1 Å². The van der Waals surface area contributed by atoms with Crippen molar-refractivity contribution in [2.75, 3.05) is 18.5 Å². The van der Waals surface area contributed by atoms with E-state index in [0.717, 1.165) is 5.69 Å². The van der Waals surface area contributed by atoms with Gasteiger partial charge < -0.3 is 15.2 Å². The van der Waals surface area contributed by atoms with Gasteiger partial charge in [-0.25, -0.2) is 0 Å². The molecule has 0 fully saturated rings. The molecule has 2 unspecified atom stereocenters. The number of ether oxygens (including phenoxy) is 1. The molecule has 0 spiro atoms. The fourth-order valence-corrected chi connectivity index (χ4v) is 1.59. The fraction of sp³-hybridized carbons (Fsp3) is 0.538. The standard InChI is InChI=1S/C13H20N2O4/c1-4-19-13-7-11(5-6-12(13)15(17)18)14-10(3)9(2)8-16/h5-7,9-10,14,16H,4,8H2,1-3H3. The Balaban J connectivity index is 2.92. The van der Waals surface area contributed by atoms with Crippen molar-refractivity contribution in [2.45, 2.75) is 26.8 Å². The van der Waals surface area contributed by atoms with Crippen LogP contribution in [0.25, 0.3) is 0 Å². The number of benzene rings is 1. The smallest absolute Gasteiger partial charge is 0.311 e. The molecular weight excluding hydrogens is 248 g/mol. The third-order valence-electron chi connectivity index (χ3n) is 2.99. The van der Waals surface area contributed by atoms with E-state index < -0.39 is 4.92 Å². The van der Waals surface area contributed by atoms with Crippen LogP contribution in [0.4, 0.5) is 11.4 Å². The minimum Gasteiger partial charge on any atom is -0.487 e. The van der Waals surface area contributed by atoms with Gasteiger partial charge in [0.1, 0.15) is 0 Å². The van der Waals surface area contributed by atoms with Gasteiger partial charge in [-0.1, -0.05) is 6.92 Å². The summed E-state index contributed by atoms with van der Waals surface area (Å²) in [4.78, 5) is 10.4. The second kappa shape index (κ2) is 6.94. The van der Waals surface area contributed by atoms with Crippen molar-refractivity contribution in [3.8, 4) is 5.75 Å². The molecule has 6 heteroatoms. The third kappa shape index (κ3) is 4.10. The largest absolute Gasteiger partial charge is 0.487 e. The average molecular weight is 268 g/mol. The number of aliphatic hydroxyl groups is 1. The lowest BCUT2D eigenvalue weighted by molar-refractivity contribution is -0.385. The zero-order chi connectivity index (χ0) is 14.4. The van der Waals surface area contributed by atoms with Crippen LogP contribution in [0.2, 0.25) is 0 Å². The number of anilines is 1. The summed E-state index contributed by atoms with van der Waals surface area (Å²) < 4.78 is 5.28. The molecule has 19 heavy (non-hydrogen) atoms. The van der Waals surface area contributed by atoms with Gasteiger partial charge in [-0.2, -0.15) is 0 Å². The predicted molar refractivity (Wildman–Crippen MR) is 73.6 cm³/mol. The first kappa shape index (κ1) is 15.2. The van der Waals surface area contributed by atoms with E-state index >= 15 is 0 Å². The molecule has 0 aliphatic heterocycles. The summed E-state index contributed by atoms with van der Waals surface area (Å²) in [5, 5.41) is 23.1. The van der Waals surface area contributed by atoms with Crippen molar-refractivity contribution in [2.24, 2.45) is 5.92 Å². The Bertz CT molecular complexity index is 437. The van der Waals surface area contributed by atoms with Crippen LogP contribution in [0, 0.1) is 16.0 Å². The van der Waals surface area contributed by atoms with Gasteiger partial charge in [0.2, 0.25) is 0 Å². The number of rotatable bonds is 7. The zero-order valence-corrected chi connectivity index (χ0v) is 11.4. The maximum atomic E-state index is 10.9. The van der Waals surface area contributed by atoms with Gasteiger partial charge in [0.05, 0.1) is 11.5 Å². The maximum Gasteiger partial charge on any atom is 0.311 e. The van der Waals surface area contributed by atoms with Crippen molar-refractivity contribution >= 4 is 11.4 Å². The summed E-state index contributed by atoms with van der Waals surface area (Å²) in [6.45, 7) is 6.10. The van der Waals surface area contributed by atoms with Gasteiger partial charge in [-0.05, 0) is 25.8 Å². The Hall–Kier alpha value is -1.82. The van der Waals surface area contributed by atoms with E-state index in [9.17, 15) is 10.1 Å². The van der Waals surface area contributed by atoms with Crippen molar-refractivity contribution in [1.29, 1.82) is 0 Å². The Morgan fingerprint density at radius 3 is 2.68 bits per heavy atom. The molecule has 0 aliphatic carbocycles. The molecular formula is C13H20N2O4. The summed E-state index contributed by atoms with van der Waals surface area (Å²) in [5.74, 6) is 0.340. The summed E-state index contributed by atoms with van der Waals surface area (Å²) in [6, 6.07) is 4.73. The molecule has 6 nitrogen and oxygen atoms in total. The molecule has 2 N–H and O–H groups in total. The number of hydrogen-bond acceptors (Lipinski definition) is 5. The van der Waals surface area contributed by atoms with Crippen LogP contribution < -0.4 is 10.1 Å². The minimum absolute atomic E-state index is 0.0461. The molecule has 0 saturated heterocycles. The highest BCUT2D eigenvalue weighted by Gasteiger charge is 2.17. The molecule has 106 valence electrons. The van der Waals surface area contributed by atoms with Crippen molar-refractivity contribution in [3.63, 3.8) is 0 Å². The van der Waals surface area contributed by atoms with Crippen molar-refractivity contribution < 1.29 is 14.8 Å². The van der Waals surface area contributed by atoms with Gasteiger partial charge in [0.25, 0.3) is 0 Å². The first-order valence-electron chi connectivity index (χ1n) is 6.28. The third-order valence-corrected chi connectivity index (χ3v) is 2.99. The molecule has 0 aliphatic rings. The van der Waals surface area contributed by atoms with Crippen LogP contribution in [0.1, 0.15) is 20.8 Å². The summed E-state index contributed by atoms with van der Waals surface area (Å²) in [7, 11) is 0. The van der Waals surface area contributed by atoms with Crippen molar-refractivity contribution in [3.05, 3.63) is 28.3 Å².